The van der Waals surface area contributed by atoms with Crippen LogP contribution in [0.15, 0.2) is 28.1 Å². The highest BCUT2D eigenvalue weighted by Crippen LogP contribution is 2.27. The lowest BCUT2D eigenvalue weighted by molar-refractivity contribution is -0.142. The average molecular weight is 427 g/mol. The minimum Gasteiger partial charge on any atom is -0.480 e. The molecule has 1 heterocycles. The predicted octanol–water partition coefficient (Wildman–Crippen LogP) is 3.73. The molecule has 0 aliphatic rings. The summed E-state index contributed by atoms with van der Waals surface area (Å²) in [7, 11) is 0. The quantitative estimate of drug-likeness (QED) is 0.682. The molecule has 0 spiro atoms. The minimum atomic E-state index is -0.698. The topological polar surface area (TPSA) is 77.5 Å². The number of carbonyl (C=O) groups excluding carboxylic acids is 2. The molecular formula is C17H19BrN2O4S. The number of aryl methyl sites for hydroxylation is 1. The Morgan fingerprint density at radius 3 is 2.84 bits per heavy atom. The average Bonchev–Trinajstić information content (AvgIpc) is 2.97. The van der Waals surface area contributed by atoms with E-state index in [1.165, 1.54) is 11.3 Å². The molecule has 0 saturated heterocycles. The van der Waals surface area contributed by atoms with Crippen molar-refractivity contribution in [1.82, 2.24) is 4.98 Å². The smallest absolute Gasteiger partial charge is 0.311 e. The second-order valence-electron chi connectivity index (χ2n) is 5.31. The van der Waals surface area contributed by atoms with Crippen LogP contribution in [-0.2, 0) is 20.7 Å². The van der Waals surface area contributed by atoms with Crippen molar-refractivity contribution < 1.29 is 19.1 Å². The lowest BCUT2D eigenvalue weighted by Gasteiger charge is -2.15. The fourth-order valence-electron chi connectivity index (χ4n) is 1.96. The van der Waals surface area contributed by atoms with Crippen LogP contribution in [0.5, 0.6) is 5.75 Å². The summed E-state index contributed by atoms with van der Waals surface area (Å²) in [6, 6.07) is 5.64. The summed E-state index contributed by atoms with van der Waals surface area (Å²) in [5, 5.41) is 4.83. The Balaban J connectivity index is 1.92. The maximum Gasteiger partial charge on any atom is 0.311 e. The molecule has 134 valence electrons. The molecule has 1 aromatic carbocycles. The standard InChI is InChI=1S/C17H19BrN2O4S/c1-4-23-15(21)8-12-9-25-17(19-12)20-16(22)11(3)24-14-6-5-10(2)7-13(14)18/h5-7,9,11H,4,8H2,1-3H3,(H,19,20,22)/t11-/m0/s1. The maximum absolute atomic E-state index is 12.3. The van der Waals surface area contributed by atoms with Crippen molar-refractivity contribution >= 4 is 44.3 Å². The van der Waals surface area contributed by atoms with Gasteiger partial charge in [-0.3, -0.25) is 14.9 Å². The molecule has 0 fully saturated rings. The number of nitrogens with one attached hydrogen (secondary N) is 1. The summed E-state index contributed by atoms with van der Waals surface area (Å²) in [6.07, 6.45) is -0.612. The molecule has 0 aliphatic heterocycles. The number of nitrogens with zero attached hydrogens (tertiary/aromatic N) is 1. The fourth-order valence-corrected chi connectivity index (χ4v) is 3.26. The molecule has 1 amide bonds. The number of benzene rings is 1. The van der Waals surface area contributed by atoms with Crippen molar-refractivity contribution in [3.05, 3.63) is 39.3 Å². The van der Waals surface area contributed by atoms with Gasteiger partial charge in [0, 0.05) is 5.38 Å². The second kappa shape index (κ2) is 8.96. The van der Waals surface area contributed by atoms with E-state index in [4.69, 9.17) is 9.47 Å². The van der Waals surface area contributed by atoms with E-state index < -0.39 is 6.10 Å². The maximum atomic E-state index is 12.3. The monoisotopic (exact) mass is 426 g/mol. The number of halogens is 1. The number of anilines is 1. The van der Waals surface area contributed by atoms with E-state index >= 15 is 0 Å². The fraction of sp³-hybridized carbons (Fsp3) is 0.353. The van der Waals surface area contributed by atoms with Gasteiger partial charge in [-0.05, 0) is 54.4 Å². The first-order valence-electron chi connectivity index (χ1n) is 7.72. The van der Waals surface area contributed by atoms with Crippen molar-refractivity contribution in [2.45, 2.75) is 33.3 Å². The number of carbonyl (C=O) groups is 2. The van der Waals surface area contributed by atoms with Crippen LogP contribution in [0.4, 0.5) is 5.13 Å². The first-order valence-corrected chi connectivity index (χ1v) is 9.40. The highest BCUT2D eigenvalue weighted by Gasteiger charge is 2.18. The van der Waals surface area contributed by atoms with Crippen LogP contribution in [0.1, 0.15) is 25.1 Å². The van der Waals surface area contributed by atoms with Gasteiger partial charge in [0.2, 0.25) is 0 Å². The van der Waals surface area contributed by atoms with Gasteiger partial charge in [-0.15, -0.1) is 11.3 Å². The van der Waals surface area contributed by atoms with Gasteiger partial charge in [0.1, 0.15) is 5.75 Å². The highest BCUT2D eigenvalue weighted by atomic mass is 79.9. The van der Waals surface area contributed by atoms with Crippen LogP contribution in [0.2, 0.25) is 0 Å². The molecule has 0 saturated carbocycles. The molecule has 8 heteroatoms. The summed E-state index contributed by atoms with van der Waals surface area (Å²) in [4.78, 5) is 27.9. The van der Waals surface area contributed by atoms with Crippen LogP contribution in [0.3, 0.4) is 0 Å². The van der Waals surface area contributed by atoms with Gasteiger partial charge in [-0.2, -0.15) is 0 Å². The van der Waals surface area contributed by atoms with Crippen LogP contribution < -0.4 is 10.1 Å². The highest BCUT2D eigenvalue weighted by molar-refractivity contribution is 9.10. The number of esters is 1. The summed E-state index contributed by atoms with van der Waals surface area (Å²) in [5.41, 5.74) is 1.65. The molecule has 0 unspecified atom stereocenters. The number of rotatable bonds is 7. The van der Waals surface area contributed by atoms with E-state index in [-0.39, 0.29) is 18.3 Å². The third-order valence-corrected chi connectivity index (χ3v) is 4.60. The van der Waals surface area contributed by atoms with Gasteiger partial charge in [0.15, 0.2) is 11.2 Å². The number of amides is 1. The molecule has 6 nitrogen and oxygen atoms in total. The zero-order valence-electron chi connectivity index (χ0n) is 14.2. The van der Waals surface area contributed by atoms with Crippen molar-refractivity contribution in [2.75, 3.05) is 11.9 Å². The van der Waals surface area contributed by atoms with Crippen LogP contribution >= 0.6 is 27.3 Å². The molecule has 1 aromatic heterocycles. The van der Waals surface area contributed by atoms with Gasteiger partial charge in [0.05, 0.1) is 23.2 Å². The van der Waals surface area contributed by atoms with E-state index in [1.54, 1.807) is 19.2 Å². The first-order chi connectivity index (χ1) is 11.9. The zero-order valence-corrected chi connectivity index (χ0v) is 16.6. The van der Waals surface area contributed by atoms with Crippen molar-refractivity contribution in [1.29, 1.82) is 0 Å². The Kier molecular flexibility index (Phi) is 6.95. The number of hydrogen-bond donors (Lipinski definition) is 1. The van der Waals surface area contributed by atoms with Gasteiger partial charge in [0.25, 0.3) is 5.91 Å². The molecular weight excluding hydrogens is 408 g/mol. The molecule has 0 bridgehead atoms. The van der Waals surface area contributed by atoms with Crippen LogP contribution in [0, 0.1) is 6.92 Å². The molecule has 2 aromatic rings. The number of aromatic nitrogens is 1. The van der Waals surface area contributed by atoms with Crippen LogP contribution in [0.25, 0.3) is 0 Å². The number of thiazole rings is 1. The third-order valence-electron chi connectivity index (χ3n) is 3.17. The summed E-state index contributed by atoms with van der Waals surface area (Å²) in [6.45, 7) is 5.71. The van der Waals surface area contributed by atoms with Gasteiger partial charge >= 0.3 is 5.97 Å². The van der Waals surface area contributed by atoms with E-state index in [1.807, 2.05) is 25.1 Å². The van der Waals surface area contributed by atoms with Crippen molar-refractivity contribution in [2.24, 2.45) is 0 Å². The molecule has 25 heavy (non-hydrogen) atoms. The SMILES string of the molecule is CCOC(=O)Cc1csc(NC(=O)[C@H](C)Oc2ccc(C)cc2Br)n1. The van der Waals surface area contributed by atoms with Crippen molar-refractivity contribution in [3.63, 3.8) is 0 Å². The lowest BCUT2D eigenvalue weighted by atomic mass is 10.2. The molecule has 0 aliphatic carbocycles. The van der Waals surface area contributed by atoms with E-state index in [9.17, 15) is 9.59 Å². The Bertz CT molecular complexity index is 763. The van der Waals surface area contributed by atoms with Gasteiger partial charge in [-0.25, -0.2) is 4.98 Å². The Morgan fingerprint density at radius 2 is 2.16 bits per heavy atom. The van der Waals surface area contributed by atoms with E-state index in [0.29, 0.717) is 23.2 Å². The first kappa shape index (κ1) is 19.4. The Hall–Kier alpha value is -1.93. The van der Waals surface area contributed by atoms with Crippen LogP contribution in [-0.4, -0.2) is 29.6 Å². The van der Waals surface area contributed by atoms with E-state index in [0.717, 1.165) is 10.0 Å². The summed E-state index contributed by atoms with van der Waals surface area (Å²) < 4.78 is 11.3. The van der Waals surface area contributed by atoms with Gasteiger partial charge < -0.3 is 9.47 Å². The minimum absolute atomic E-state index is 0.0859. The van der Waals surface area contributed by atoms with E-state index in [2.05, 4.69) is 26.2 Å². The normalized spacial score (nSPS) is 11.7. The molecule has 2 rings (SSSR count). The summed E-state index contributed by atoms with van der Waals surface area (Å²) in [5.74, 6) is -0.0634. The second-order valence-corrected chi connectivity index (χ2v) is 7.02. The summed E-state index contributed by atoms with van der Waals surface area (Å²) >= 11 is 4.67. The molecule has 1 atom stereocenters. The largest absolute Gasteiger partial charge is 0.480 e. The Labute approximate surface area is 158 Å². The zero-order chi connectivity index (χ0) is 18.4. The molecule has 0 radical (unpaired) electrons. The molecule has 1 N–H and O–H groups in total. The Morgan fingerprint density at radius 1 is 1.40 bits per heavy atom. The third kappa shape index (κ3) is 5.82. The predicted molar refractivity (Wildman–Crippen MR) is 100 cm³/mol. The van der Waals surface area contributed by atoms with Gasteiger partial charge in [-0.1, -0.05) is 6.07 Å². The number of hydrogen-bond acceptors (Lipinski definition) is 6. The van der Waals surface area contributed by atoms with Crippen molar-refractivity contribution in [3.8, 4) is 5.75 Å². The number of ether oxygens (including phenoxy) is 2. The lowest BCUT2D eigenvalue weighted by Crippen LogP contribution is -2.30.